The number of halogens is 1. The third-order valence-electron chi connectivity index (χ3n) is 4.03. The average Bonchev–Trinajstić information content (AvgIpc) is 2.71. The molecule has 0 spiro atoms. The largest absolute Gasteiger partial charge is 0.383 e. The van der Waals surface area contributed by atoms with Gasteiger partial charge in [-0.05, 0) is 25.7 Å². The van der Waals surface area contributed by atoms with Crippen LogP contribution in [0.25, 0.3) is 0 Å². The molecule has 1 aromatic heterocycles. The Labute approximate surface area is 108 Å². The Balaban J connectivity index is 2.44. The lowest BCUT2D eigenvalue weighted by molar-refractivity contribution is -0.0624. The molecule has 1 heterocycles. The molecule has 1 aliphatic rings. The van der Waals surface area contributed by atoms with Crippen molar-refractivity contribution in [1.29, 1.82) is 0 Å². The quantitative estimate of drug-likeness (QED) is 0.901. The van der Waals surface area contributed by atoms with Gasteiger partial charge in [-0.2, -0.15) is 5.10 Å². The molecule has 2 rings (SSSR count). The molecule has 0 radical (unpaired) electrons. The van der Waals surface area contributed by atoms with Crippen LogP contribution in [0.15, 0.2) is 6.20 Å². The van der Waals surface area contributed by atoms with Crippen LogP contribution >= 0.6 is 11.6 Å². The van der Waals surface area contributed by atoms with E-state index in [4.69, 9.17) is 11.6 Å². The minimum atomic E-state index is -0.781. The van der Waals surface area contributed by atoms with Crippen LogP contribution in [0.1, 0.15) is 51.6 Å². The van der Waals surface area contributed by atoms with E-state index in [9.17, 15) is 5.11 Å². The SMILES string of the molecule is CCC1CCCCC1(O)c1c(Cl)cnn1CC. The summed E-state index contributed by atoms with van der Waals surface area (Å²) in [5.74, 6) is 0.302. The zero-order chi connectivity index (χ0) is 12.5. The number of aliphatic hydroxyl groups is 1. The first-order chi connectivity index (χ1) is 8.13. The summed E-state index contributed by atoms with van der Waals surface area (Å²) < 4.78 is 1.84. The van der Waals surface area contributed by atoms with E-state index in [1.54, 1.807) is 6.20 Å². The van der Waals surface area contributed by atoms with E-state index in [1.807, 2.05) is 11.6 Å². The van der Waals surface area contributed by atoms with Gasteiger partial charge in [0.1, 0.15) is 5.60 Å². The number of aryl methyl sites for hydroxylation is 1. The molecular formula is C13H21ClN2O. The van der Waals surface area contributed by atoms with E-state index in [2.05, 4.69) is 12.0 Å². The third kappa shape index (κ3) is 2.11. The molecule has 0 aliphatic heterocycles. The van der Waals surface area contributed by atoms with Crippen LogP contribution in [0.5, 0.6) is 0 Å². The summed E-state index contributed by atoms with van der Waals surface area (Å²) in [5, 5.41) is 15.9. The Hall–Kier alpha value is -0.540. The Morgan fingerprint density at radius 1 is 1.53 bits per heavy atom. The Morgan fingerprint density at radius 3 is 2.94 bits per heavy atom. The van der Waals surface area contributed by atoms with Gasteiger partial charge in [0, 0.05) is 6.54 Å². The van der Waals surface area contributed by atoms with Crippen LogP contribution in [0, 0.1) is 5.92 Å². The van der Waals surface area contributed by atoms with Gasteiger partial charge >= 0.3 is 0 Å². The molecule has 2 atom stereocenters. The monoisotopic (exact) mass is 256 g/mol. The van der Waals surface area contributed by atoms with E-state index in [0.717, 1.165) is 37.9 Å². The van der Waals surface area contributed by atoms with Gasteiger partial charge in [0.05, 0.1) is 16.9 Å². The van der Waals surface area contributed by atoms with Crippen molar-refractivity contribution < 1.29 is 5.11 Å². The third-order valence-corrected chi connectivity index (χ3v) is 4.31. The summed E-state index contributed by atoms with van der Waals surface area (Å²) in [6, 6.07) is 0. The number of hydrogen-bond acceptors (Lipinski definition) is 2. The minimum absolute atomic E-state index is 0.302. The first-order valence-electron chi connectivity index (χ1n) is 6.57. The normalized spacial score (nSPS) is 29.5. The van der Waals surface area contributed by atoms with Crippen molar-refractivity contribution in [2.45, 2.75) is 58.1 Å². The highest BCUT2D eigenvalue weighted by Gasteiger charge is 2.43. The van der Waals surface area contributed by atoms with Crippen LogP contribution < -0.4 is 0 Å². The molecule has 1 N–H and O–H groups in total. The molecule has 1 aliphatic carbocycles. The standard InChI is InChI=1S/C13H21ClN2O/c1-3-10-7-5-6-8-13(10,17)12-11(14)9-15-16(12)4-2/h9-10,17H,3-8H2,1-2H3. The molecule has 1 aromatic rings. The molecule has 0 amide bonds. The molecule has 2 unspecified atom stereocenters. The number of nitrogens with zero attached hydrogens (tertiary/aromatic N) is 2. The van der Waals surface area contributed by atoms with Crippen molar-refractivity contribution >= 4 is 11.6 Å². The molecule has 1 fully saturated rings. The van der Waals surface area contributed by atoms with Crippen LogP contribution in [0.3, 0.4) is 0 Å². The van der Waals surface area contributed by atoms with Gasteiger partial charge in [-0.3, -0.25) is 4.68 Å². The molecule has 96 valence electrons. The fraction of sp³-hybridized carbons (Fsp3) is 0.769. The van der Waals surface area contributed by atoms with Gasteiger partial charge in [0.15, 0.2) is 0 Å². The van der Waals surface area contributed by atoms with Crippen LogP contribution in [-0.4, -0.2) is 14.9 Å². The summed E-state index contributed by atoms with van der Waals surface area (Å²) in [7, 11) is 0. The second-order valence-electron chi connectivity index (χ2n) is 4.93. The van der Waals surface area contributed by atoms with Gasteiger partial charge in [-0.15, -0.1) is 0 Å². The minimum Gasteiger partial charge on any atom is -0.383 e. The maximum absolute atomic E-state index is 11.0. The summed E-state index contributed by atoms with van der Waals surface area (Å²) >= 11 is 6.23. The highest BCUT2D eigenvalue weighted by Crippen LogP contribution is 2.45. The zero-order valence-electron chi connectivity index (χ0n) is 10.6. The lowest BCUT2D eigenvalue weighted by atomic mass is 9.72. The summed E-state index contributed by atoms with van der Waals surface area (Å²) in [6.07, 6.45) is 6.80. The van der Waals surface area contributed by atoms with Crippen molar-refractivity contribution in [3.63, 3.8) is 0 Å². The molecule has 0 aromatic carbocycles. The second-order valence-corrected chi connectivity index (χ2v) is 5.34. The van der Waals surface area contributed by atoms with E-state index in [-0.39, 0.29) is 0 Å². The predicted octanol–water partition coefficient (Wildman–Crippen LogP) is 3.34. The summed E-state index contributed by atoms with van der Waals surface area (Å²) in [4.78, 5) is 0. The number of rotatable bonds is 3. The Morgan fingerprint density at radius 2 is 2.29 bits per heavy atom. The lowest BCUT2D eigenvalue weighted by Crippen LogP contribution is -2.40. The highest BCUT2D eigenvalue weighted by molar-refractivity contribution is 6.31. The lowest BCUT2D eigenvalue weighted by Gasteiger charge is -2.40. The average molecular weight is 257 g/mol. The van der Waals surface area contributed by atoms with Crippen molar-refractivity contribution in [2.75, 3.05) is 0 Å². The summed E-state index contributed by atoms with van der Waals surface area (Å²) in [6.45, 7) is 4.92. The Bertz CT molecular complexity index is 391. The van der Waals surface area contributed by atoms with E-state index in [1.165, 1.54) is 6.42 Å². The fourth-order valence-electron chi connectivity index (χ4n) is 3.11. The smallest absolute Gasteiger partial charge is 0.110 e. The van der Waals surface area contributed by atoms with Crippen LogP contribution in [0.2, 0.25) is 5.02 Å². The topological polar surface area (TPSA) is 38.1 Å². The second kappa shape index (κ2) is 4.99. The zero-order valence-corrected chi connectivity index (χ0v) is 11.4. The highest BCUT2D eigenvalue weighted by atomic mass is 35.5. The van der Waals surface area contributed by atoms with Crippen molar-refractivity contribution in [3.05, 3.63) is 16.9 Å². The van der Waals surface area contributed by atoms with Crippen molar-refractivity contribution in [3.8, 4) is 0 Å². The van der Waals surface area contributed by atoms with Crippen LogP contribution in [-0.2, 0) is 12.1 Å². The molecule has 4 heteroatoms. The van der Waals surface area contributed by atoms with Gasteiger partial charge in [-0.1, -0.05) is 37.8 Å². The first kappa shape index (κ1) is 12.9. The van der Waals surface area contributed by atoms with E-state index >= 15 is 0 Å². The first-order valence-corrected chi connectivity index (χ1v) is 6.95. The maximum atomic E-state index is 11.0. The van der Waals surface area contributed by atoms with E-state index in [0.29, 0.717) is 10.9 Å². The molecule has 0 saturated heterocycles. The van der Waals surface area contributed by atoms with Crippen molar-refractivity contribution in [2.24, 2.45) is 5.92 Å². The maximum Gasteiger partial charge on any atom is 0.110 e. The van der Waals surface area contributed by atoms with Gasteiger partial charge in [0.2, 0.25) is 0 Å². The molecule has 17 heavy (non-hydrogen) atoms. The molecule has 3 nitrogen and oxygen atoms in total. The predicted molar refractivity (Wildman–Crippen MR) is 69.1 cm³/mol. The Kier molecular flexibility index (Phi) is 3.79. The van der Waals surface area contributed by atoms with Crippen molar-refractivity contribution in [1.82, 2.24) is 9.78 Å². The number of hydrogen-bond donors (Lipinski definition) is 1. The van der Waals surface area contributed by atoms with Gasteiger partial charge in [-0.25, -0.2) is 0 Å². The molecular weight excluding hydrogens is 236 g/mol. The molecule has 0 bridgehead atoms. The fourth-order valence-corrected chi connectivity index (χ4v) is 3.42. The van der Waals surface area contributed by atoms with Gasteiger partial charge in [0.25, 0.3) is 0 Å². The van der Waals surface area contributed by atoms with Crippen LogP contribution in [0.4, 0.5) is 0 Å². The summed E-state index contributed by atoms with van der Waals surface area (Å²) in [5.41, 5.74) is 0.0459. The van der Waals surface area contributed by atoms with E-state index < -0.39 is 5.60 Å². The molecule has 1 saturated carbocycles. The number of aromatic nitrogens is 2. The van der Waals surface area contributed by atoms with Gasteiger partial charge < -0.3 is 5.11 Å².